The summed E-state index contributed by atoms with van der Waals surface area (Å²) in [6.07, 6.45) is 1.74. The highest BCUT2D eigenvalue weighted by molar-refractivity contribution is 7.89. The van der Waals surface area contributed by atoms with E-state index >= 15 is 0 Å². The number of hydrogen-bond donors (Lipinski definition) is 2. The Hall–Kier alpha value is -1.80. The number of nitrogens with zero attached hydrogens (tertiary/aromatic N) is 1. The fourth-order valence-electron chi connectivity index (χ4n) is 3.06. The monoisotopic (exact) mass is 429 g/mol. The molecule has 146 valence electrons. The van der Waals surface area contributed by atoms with E-state index in [1.54, 1.807) is 17.0 Å². The first kappa shape index (κ1) is 21.5. The number of carbonyl (C=O) groups is 1. The van der Waals surface area contributed by atoms with Gasteiger partial charge in [-0.1, -0.05) is 23.7 Å². The van der Waals surface area contributed by atoms with Crippen LogP contribution in [0.2, 0.25) is 5.02 Å². The number of sulfonamides is 1. The molecule has 0 aromatic heterocycles. The zero-order valence-corrected chi connectivity index (χ0v) is 16.9. The fraction of sp³-hybridized carbons (Fsp3) is 0.278. The summed E-state index contributed by atoms with van der Waals surface area (Å²) in [6.45, 7) is 0.623. The van der Waals surface area contributed by atoms with Crippen LogP contribution in [-0.4, -0.2) is 27.4 Å². The summed E-state index contributed by atoms with van der Waals surface area (Å²) in [5.41, 5.74) is 8.48. The summed E-state index contributed by atoms with van der Waals surface area (Å²) >= 11 is 5.83. The van der Waals surface area contributed by atoms with Crippen LogP contribution in [0.25, 0.3) is 0 Å². The van der Waals surface area contributed by atoms with Crippen molar-refractivity contribution in [1.82, 2.24) is 4.72 Å². The van der Waals surface area contributed by atoms with E-state index in [0.717, 1.165) is 24.1 Å². The minimum Gasteiger partial charge on any atom is -0.398 e. The van der Waals surface area contributed by atoms with Gasteiger partial charge in [0.25, 0.3) is 0 Å². The number of rotatable bonds is 5. The summed E-state index contributed by atoms with van der Waals surface area (Å²) in [5, 5.41) is 0.339. The molecule has 0 atom stereocenters. The van der Waals surface area contributed by atoms with Gasteiger partial charge in [-0.2, -0.15) is 0 Å². The predicted molar refractivity (Wildman–Crippen MR) is 110 cm³/mol. The van der Waals surface area contributed by atoms with Gasteiger partial charge in [-0.25, -0.2) is 13.1 Å². The summed E-state index contributed by atoms with van der Waals surface area (Å²) in [4.78, 5) is 14.3. The van der Waals surface area contributed by atoms with E-state index in [4.69, 9.17) is 17.3 Å². The molecular formula is C18H21Cl2N3O3S. The Bertz CT molecular complexity index is 935. The SMILES string of the molecule is Cl.Nc1cccc2c1CCCN2C(=O)CCNS(=O)(=O)c1cccc(Cl)c1. The standard InChI is InChI=1S/C18H20ClN3O3S.ClH/c19-13-4-1-5-14(12-13)26(24,25)21-10-9-18(23)22-11-3-6-15-16(20)7-2-8-17(15)22;/h1-2,4-5,7-8,12,21H,3,6,9-11,20H2;1H. The van der Waals surface area contributed by atoms with Crippen LogP contribution >= 0.6 is 24.0 Å². The van der Waals surface area contributed by atoms with Crippen LogP contribution in [-0.2, 0) is 21.2 Å². The molecule has 0 bridgehead atoms. The van der Waals surface area contributed by atoms with E-state index in [2.05, 4.69) is 4.72 Å². The van der Waals surface area contributed by atoms with Crippen LogP contribution in [0.1, 0.15) is 18.4 Å². The zero-order valence-electron chi connectivity index (χ0n) is 14.5. The Morgan fingerprint density at radius 3 is 2.70 bits per heavy atom. The topological polar surface area (TPSA) is 92.5 Å². The molecule has 0 unspecified atom stereocenters. The molecule has 1 heterocycles. The molecule has 3 N–H and O–H groups in total. The predicted octanol–water partition coefficient (Wildman–Crippen LogP) is 2.99. The van der Waals surface area contributed by atoms with E-state index < -0.39 is 10.0 Å². The zero-order chi connectivity index (χ0) is 18.7. The van der Waals surface area contributed by atoms with Crippen molar-refractivity contribution in [3.05, 3.63) is 53.1 Å². The summed E-state index contributed by atoms with van der Waals surface area (Å²) in [7, 11) is -3.70. The van der Waals surface area contributed by atoms with Crippen molar-refractivity contribution < 1.29 is 13.2 Å². The molecule has 0 radical (unpaired) electrons. The number of nitrogens with two attached hydrogens (primary N) is 1. The summed E-state index contributed by atoms with van der Waals surface area (Å²) in [5.74, 6) is -0.134. The van der Waals surface area contributed by atoms with Gasteiger partial charge >= 0.3 is 0 Å². The third kappa shape index (κ3) is 4.93. The van der Waals surface area contributed by atoms with Gasteiger partial charge in [0.15, 0.2) is 0 Å². The van der Waals surface area contributed by atoms with Gasteiger partial charge < -0.3 is 10.6 Å². The number of nitrogen functional groups attached to an aromatic ring is 1. The smallest absolute Gasteiger partial charge is 0.240 e. The molecule has 3 rings (SSSR count). The maximum atomic E-state index is 12.6. The Kier molecular flexibility index (Phi) is 7.11. The number of amides is 1. The van der Waals surface area contributed by atoms with E-state index in [0.29, 0.717) is 17.3 Å². The second-order valence-corrected chi connectivity index (χ2v) is 8.30. The van der Waals surface area contributed by atoms with E-state index in [-0.39, 0.29) is 36.2 Å². The van der Waals surface area contributed by atoms with Crippen molar-refractivity contribution in [1.29, 1.82) is 0 Å². The number of nitrogens with one attached hydrogen (secondary N) is 1. The van der Waals surface area contributed by atoms with Crippen LogP contribution < -0.4 is 15.4 Å². The third-order valence-corrected chi connectivity index (χ3v) is 6.02. The van der Waals surface area contributed by atoms with Gasteiger partial charge in [-0.3, -0.25) is 4.79 Å². The molecule has 1 aliphatic heterocycles. The minimum atomic E-state index is -3.70. The van der Waals surface area contributed by atoms with Gasteiger partial charge in [-0.05, 0) is 48.7 Å². The lowest BCUT2D eigenvalue weighted by molar-refractivity contribution is -0.118. The van der Waals surface area contributed by atoms with Crippen molar-refractivity contribution >= 4 is 51.3 Å². The molecule has 2 aromatic rings. The molecule has 1 amide bonds. The fourth-order valence-corrected chi connectivity index (χ4v) is 4.39. The Balaban J connectivity index is 0.00000261. The number of benzene rings is 2. The average Bonchev–Trinajstić information content (AvgIpc) is 2.61. The van der Waals surface area contributed by atoms with Crippen molar-refractivity contribution in [2.24, 2.45) is 0 Å². The summed E-state index contributed by atoms with van der Waals surface area (Å²) in [6, 6.07) is 11.5. The molecular weight excluding hydrogens is 409 g/mol. The van der Waals surface area contributed by atoms with Crippen LogP contribution in [0.15, 0.2) is 47.4 Å². The number of anilines is 2. The van der Waals surface area contributed by atoms with Crippen LogP contribution in [0, 0.1) is 0 Å². The number of hydrogen-bond acceptors (Lipinski definition) is 4. The van der Waals surface area contributed by atoms with Gasteiger partial charge in [0.2, 0.25) is 15.9 Å². The van der Waals surface area contributed by atoms with E-state index in [1.165, 1.54) is 12.1 Å². The Labute approximate surface area is 170 Å². The van der Waals surface area contributed by atoms with Gasteiger partial charge in [-0.15, -0.1) is 12.4 Å². The van der Waals surface area contributed by atoms with Crippen molar-refractivity contribution in [2.75, 3.05) is 23.7 Å². The maximum Gasteiger partial charge on any atom is 0.240 e. The van der Waals surface area contributed by atoms with Crippen molar-refractivity contribution in [3.8, 4) is 0 Å². The second-order valence-electron chi connectivity index (χ2n) is 6.10. The summed E-state index contributed by atoms with van der Waals surface area (Å²) < 4.78 is 27.0. The van der Waals surface area contributed by atoms with Gasteiger partial charge in [0, 0.05) is 35.9 Å². The molecule has 2 aromatic carbocycles. The first-order valence-electron chi connectivity index (χ1n) is 8.31. The molecule has 0 aliphatic carbocycles. The molecule has 1 aliphatic rings. The normalized spacial score (nSPS) is 13.6. The lowest BCUT2D eigenvalue weighted by Gasteiger charge is -2.30. The molecule has 27 heavy (non-hydrogen) atoms. The van der Waals surface area contributed by atoms with Crippen LogP contribution in [0.4, 0.5) is 11.4 Å². The van der Waals surface area contributed by atoms with E-state index in [9.17, 15) is 13.2 Å². The van der Waals surface area contributed by atoms with Crippen molar-refractivity contribution in [2.45, 2.75) is 24.2 Å². The highest BCUT2D eigenvalue weighted by Crippen LogP contribution is 2.31. The quantitative estimate of drug-likeness (QED) is 0.714. The lowest BCUT2D eigenvalue weighted by atomic mass is 9.99. The highest BCUT2D eigenvalue weighted by atomic mass is 35.5. The molecule has 0 saturated heterocycles. The first-order valence-corrected chi connectivity index (χ1v) is 10.2. The van der Waals surface area contributed by atoms with E-state index in [1.807, 2.05) is 18.2 Å². The Morgan fingerprint density at radius 1 is 1.22 bits per heavy atom. The van der Waals surface area contributed by atoms with Crippen LogP contribution in [0.5, 0.6) is 0 Å². The first-order chi connectivity index (χ1) is 12.4. The molecule has 0 saturated carbocycles. The Morgan fingerprint density at radius 2 is 1.96 bits per heavy atom. The third-order valence-electron chi connectivity index (χ3n) is 4.33. The largest absolute Gasteiger partial charge is 0.398 e. The number of fused-ring (bicyclic) bond motifs is 1. The highest BCUT2D eigenvalue weighted by Gasteiger charge is 2.24. The molecule has 0 fully saturated rings. The number of halogens is 2. The number of carbonyl (C=O) groups excluding carboxylic acids is 1. The minimum absolute atomic E-state index is 0. The molecule has 6 nitrogen and oxygen atoms in total. The maximum absolute atomic E-state index is 12.6. The van der Waals surface area contributed by atoms with Crippen molar-refractivity contribution in [3.63, 3.8) is 0 Å². The van der Waals surface area contributed by atoms with Gasteiger partial charge in [0.1, 0.15) is 0 Å². The van der Waals surface area contributed by atoms with Crippen LogP contribution in [0.3, 0.4) is 0 Å². The molecule has 0 spiro atoms. The average molecular weight is 430 g/mol. The van der Waals surface area contributed by atoms with Gasteiger partial charge in [0.05, 0.1) is 4.90 Å². The molecule has 9 heteroatoms. The second kappa shape index (κ2) is 8.93. The lowest BCUT2D eigenvalue weighted by Crippen LogP contribution is -2.38.